The van der Waals surface area contributed by atoms with Gasteiger partial charge in [-0.3, -0.25) is 0 Å². The van der Waals surface area contributed by atoms with Crippen LogP contribution in [0.3, 0.4) is 0 Å². The predicted octanol–water partition coefficient (Wildman–Crippen LogP) is 5.52. The zero-order chi connectivity index (χ0) is 16.5. The summed E-state index contributed by atoms with van der Waals surface area (Å²) in [6.07, 6.45) is 5.99. The molecule has 2 atom stereocenters. The van der Waals surface area contributed by atoms with Crippen molar-refractivity contribution in [2.75, 3.05) is 0 Å². The van der Waals surface area contributed by atoms with Crippen molar-refractivity contribution in [1.29, 1.82) is 0 Å². The second kappa shape index (κ2) is 6.10. The molecule has 0 amide bonds. The Labute approximate surface area is 142 Å². The van der Waals surface area contributed by atoms with Gasteiger partial charge in [-0.25, -0.2) is 0 Å². The zero-order valence-electron chi connectivity index (χ0n) is 13.7. The lowest BCUT2D eigenvalue weighted by molar-refractivity contribution is 0.220. The van der Waals surface area contributed by atoms with Crippen LogP contribution in [0.15, 0.2) is 90.5 Å². The topological polar surface area (TPSA) is 20.2 Å². The molecule has 0 radical (unpaired) electrons. The summed E-state index contributed by atoms with van der Waals surface area (Å²) < 4.78 is 0. The number of aliphatic hydroxyl groups is 1. The molecule has 0 heterocycles. The lowest BCUT2D eigenvalue weighted by atomic mass is 9.86. The second-order valence-corrected chi connectivity index (χ2v) is 6.40. The summed E-state index contributed by atoms with van der Waals surface area (Å²) in [6, 6.07) is 22.5. The molecule has 3 aromatic rings. The maximum absolute atomic E-state index is 11.2. The number of rotatable bonds is 3. The monoisotopic (exact) mass is 312 g/mol. The Bertz CT molecular complexity index is 935. The number of benzene rings is 3. The molecular formula is C23H20O. The Kier molecular flexibility index (Phi) is 3.79. The summed E-state index contributed by atoms with van der Waals surface area (Å²) in [4.78, 5) is 0. The summed E-state index contributed by atoms with van der Waals surface area (Å²) in [5.41, 5.74) is 4.39. The molecule has 3 aromatic carbocycles. The molecule has 0 spiro atoms. The molecule has 0 bridgehead atoms. The van der Waals surface area contributed by atoms with Crippen LogP contribution in [0.25, 0.3) is 10.8 Å². The molecule has 0 fully saturated rings. The van der Waals surface area contributed by atoms with Crippen LogP contribution < -0.4 is 0 Å². The fourth-order valence-corrected chi connectivity index (χ4v) is 3.55. The van der Waals surface area contributed by atoms with Crippen LogP contribution in [0.2, 0.25) is 0 Å². The third-order valence-corrected chi connectivity index (χ3v) is 4.76. The van der Waals surface area contributed by atoms with Gasteiger partial charge in [0.05, 0.1) is 0 Å². The van der Waals surface area contributed by atoms with Crippen molar-refractivity contribution in [3.63, 3.8) is 0 Å². The largest absolute Gasteiger partial charge is 0.384 e. The van der Waals surface area contributed by atoms with Gasteiger partial charge in [0.1, 0.15) is 6.10 Å². The van der Waals surface area contributed by atoms with Gasteiger partial charge in [0.2, 0.25) is 0 Å². The molecule has 1 heteroatoms. The number of hydrogen-bond donors (Lipinski definition) is 1. The number of aliphatic hydroxyl groups excluding tert-OH is 1. The van der Waals surface area contributed by atoms with E-state index in [1.54, 1.807) is 0 Å². The van der Waals surface area contributed by atoms with Gasteiger partial charge in [-0.2, -0.15) is 0 Å². The highest BCUT2D eigenvalue weighted by atomic mass is 16.3. The van der Waals surface area contributed by atoms with Crippen LogP contribution in [-0.4, -0.2) is 5.11 Å². The quantitative estimate of drug-likeness (QED) is 0.675. The van der Waals surface area contributed by atoms with E-state index in [-0.39, 0.29) is 5.92 Å². The fourth-order valence-electron chi connectivity index (χ4n) is 3.55. The first-order valence-corrected chi connectivity index (χ1v) is 8.35. The van der Waals surface area contributed by atoms with Crippen LogP contribution in [0.4, 0.5) is 0 Å². The SMILES string of the molecule is CC1=CC(c2ccc3ccccc3c2C(O)c2ccccc2)C=C1. The molecule has 0 aromatic heterocycles. The Morgan fingerprint density at radius 2 is 1.62 bits per heavy atom. The van der Waals surface area contributed by atoms with Crippen molar-refractivity contribution in [2.24, 2.45) is 0 Å². The first-order valence-electron chi connectivity index (χ1n) is 8.35. The summed E-state index contributed by atoms with van der Waals surface area (Å²) in [5, 5.41) is 13.4. The second-order valence-electron chi connectivity index (χ2n) is 6.40. The van der Waals surface area contributed by atoms with E-state index in [0.717, 1.165) is 21.9 Å². The van der Waals surface area contributed by atoms with Crippen LogP contribution in [0, 0.1) is 0 Å². The third kappa shape index (κ3) is 2.57. The molecule has 1 aliphatic rings. The Hall–Kier alpha value is -2.64. The molecule has 24 heavy (non-hydrogen) atoms. The molecule has 0 saturated carbocycles. The van der Waals surface area contributed by atoms with E-state index in [1.807, 2.05) is 42.5 Å². The molecule has 118 valence electrons. The summed E-state index contributed by atoms with van der Waals surface area (Å²) in [6.45, 7) is 2.12. The van der Waals surface area contributed by atoms with Crippen molar-refractivity contribution in [3.8, 4) is 0 Å². The summed E-state index contributed by atoms with van der Waals surface area (Å²) in [5.74, 6) is 0.225. The van der Waals surface area contributed by atoms with Gasteiger partial charge in [-0.1, -0.05) is 90.5 Å². The lowest BCUT2D eigenvalue weighted by Gasteiger charge is -2.21. The average molecular weight is 312 g/mol. The van der Waals surface area contributed by atoms with Gasteiger partial charge in [-0.05, 0) is 34.4 Å². The van der Waals surface area contributed by atoms with E-state index >= 15 is 0 Å². The highest BCUT2D eigenvalue weighted by molar-refractivity contribution is 5.88. The number of fused-ring (bicyclic) bond motifs is 1. The first kappa shape index (κ1) is 14.9. The molecule has 1 N–H and O–H groups in total. The van der Waals surface area contributed by atoms with Crippen molar-refractivity contribution < 1.29 is 5.11 Å². The standard InChI is InChI=1S/C23H20O/c1-16-11-12-19(15-16)21-14-13-17-7-5-6-10-20(17)22(21)23(24)18-8-3-2-4-9-18/h2-15,19,23-24H,1H3. The van der Waals surface area contributed by atoms with E-state index in [1.165, 1.54) is 11.1 Å². The maximum Gasteiger partial charge on any atom is 0.105 e. The van der Waals surface area contributed by atoms with Gasteiger partial charge in [0.15, 0.2) is 0 Å². The smallest absolute Gasteiger partial charge is 0.105 e. The van der Waals surface area contributed by atoms with E-state index in [2.05, 4.69) is 49.4 Å². The number of allylic oxidation sites excluding steroid dienone is 4. The Balaban J connectivity index is 1.95. The van der Waals surface area contributed by atoms with Crippen LogP contribution in [0.5, 0.6) is 0 Å². The highest BCUT2D eigenvalue weighted by Gasteiger charge is 2.22. The predicted molar refractivity (Wildman–Crippen MR) is 100 cm³/mol. The third-order valence-electron chi connectivity index (χ3n) is 4.76. The minimum Gasteiger partial charge on any atom is -0.384 e. The fraction of sp³-hybridized carbons (Fsp3) is 0.130. The van der Waals surface area contributed by atoms with E-state index in [4.69, 9.17) is 0 Å². The Morgan fingerprint density at radius 3 is 2.38 bits per heavy atom. The molecule has 0 saturated heterocycles. The first-order chi connectivity index (χ1) is 11.7. The van der Waals surface area contributed by atoms with Crippen LogP contribution in [-0.2, 0) is 0 Å². The minimum atomic E-state index is -0.630. The van der Waals surface area contributed by atoms with E-state index in [0.29, 0.717) is 0 Å². The number of hydrogen-bond acceptors (Lipinski definition) is 1. The molecule has 0 aliphatic heterocycles. The highest BCUT2D eigenvalue weighted by Crippen LogP contribution is 2.38. The average Bonchev–Trinajstić information content (AvgIpc) is 3.07. The van der Waals surface area contributed by atoms with Gasteiger partial charge < -0.3 is 5.11 Å². The zero-order valence-corrected chi connectivity index (χ0v) is 13.7. The van der Waals surface area contributed by atoms with Crippen molar-refractivity contribution in [2.45, 2.75) is 18.9 Å². The van der Waals surface area contributed by atoms with E-state index in [9.17, 15) is 5.11 Å². The molecule has 4 rings (SSSR count). The van der Waals surface area contributed by atoms with Gasteiger partial charge >= 0.3 is 0 Å². The van der Waals surface area contributed by atoms with Gasteiger partial charge in [-0.15, -0.1) is 0 Å². The van der Waals surface area contributed by atoms with Crippen molar-refractivity contribution >= 4 is 10.8 Å². The minimum absolute atomic E-state index is 0.225. The molecular weight excluding hydrogens is 292 g/mol. The molecule has 1 aliphatic carbocycles. The Morgan fingerprint density at radius 1 is 0.875 bits per heavy atom. The van der Waals surface area contributed by atoms with Crippen LogP contribution in [0.1, 0.15) is 35.6 Å². The molecule has 1 nitrogen and oxygen atoms in total. The van der Waals surface area contributed by atoms with Gasteiger partial charge in [0, 0.05) is 5.92 Å². The summed E-state index contributed by atoms with van der Waals surface area (Å²) >= 11 is 0. The molecule has 2 unspecified atom stereocenters. The van der Waals surface area contributed by atoms with E-state index < -0.39 is 6.10 Å². The van der Waals surface area contributed by atoms with Gasteiger partial charge in [0.25, 0.3) is 0 Å². The van der Waals surface area contributed by atoms with Crippen molar-refractivity contribution in [3.05, 3.63) is 107 Å². The maximum atomic E-state index is 11.2. The van der Waals surface area contributed by atoms with Crippen LogP contribution >= 0.6 is 0 Å². The lowest BCUT2D eigenvalue weighted by Crippen LogP contribution is -2.06. The normalized spacial score (nSPS) is 17.9. The van der Waals surface area contributed by atoms with Crippen molar-refractivity contribution in [1.82, 2.24) is 0 Å². The summed E-state index contributed by atoms with van der Waals surface area (Å²) in [7, 11) is 0.